The van der Waals surface area contributed by atoms with Gasteiger partial charge in [-0.2, -0.15) is 0 Å². The van der Waals surface area contributed by atoms with Crippen LogP contribution < -0.4 is 10.9 Å². The molecule has 2 aromatic carbocycles. The maximum absolute atomic E-state index is 13.5. The van der Waals surface area contributed by atoms with Crippen LogP contribution in [0, 0.1) is 19.7 Å². The molecule has 0 aliphatic carbocycles. The number of thiazole rings is 1. The molecule has 112 valence electrons. The average molecular weight is 315 g/mol. The third-order valence-corrected chi connectivity index (χ3v) is 4.15. The zero-order chi connectivity index (χ0) is 15.7. The average Bonchev–Trinajstić information content (AvgIpc) is 2.88. The summed E-state index contributed by atoms with van der Waals surface area (Å²) in [6.07, 6.45) is 0. The fourth-order valence-electron chi connectivity index (χ4n) is 2.25. The molecule has 0 unspecified atom stereocenters. The van der Waals surface area contributed by atoms with E-state index in [2.05, 4.69) is 21.9 Å². The number of anilines is 1. The van der Waals surface area contributed by atoms with E-state index >= 15 is 0 Å². The number of nitrogens with one attached hydrogen (secondary N) is 2. The van der Waals surface area contributed by atoms with Crippen molar-refractivity contribution in [2.45, 2.75) is 13.8 Å². The summed E-state index contributed by atoms with van der Waals surface area (Å²) in [5.74, 6) is -1.09. The van der Waals surface area contributed by atoms with Gasteiger partial charge in [0.2, 0.25) is 5.13 Å². The predicted octanol–water partition coefficient (Wildman–Crippen LogP) is 3.81. The highest BCUT2D eigenvalue weighted by Gasteiger charge is 2.12. The molecule has 0 fully saturated rings. The van der Waals surface area contributed by atoms with E-state index in [1.54, 1.807) is 6.07 Å². The Labute approximate surface area is 131 Å². The number of benzene rings is 2. The summed E-state index contributed by atoms with van der Waals surface area (Å²) in [7, 11) is 0. The lowest BCUT2D eigenvalue weighted by molar-refractivity contribution is 0.0958. The Hall–Kier alpha value is -2.47. The topological polar surface area (TPSA) is 54.0 Å². The number of nitrogens with zero attached hydrogens (tertiary/aromatic N) is 1. The summed E-state index contributed by atoms with van der Waals surface area (Å²) in [5.41, 5.74) is 8.35. The fourth-order valence-corrected chi connectivity index (χ4v) is 3.24. The maximum atomic E-state index is 13.5. The van der Waals surface area contributed by atoms with Crippen LogP contribution in [-0.4, -0.2) is 10.9 Å². The normalized spacial score (nSPS) is 10.7. The number of amides is 1. The molecule has 0 aliphatic rings. The summed E-state index contributed by atoms with van der Waals surface area (Å²) in [6, 6.07) is 9.94. The van der Waals surface area contributed by atoms with Crippen LogP contribution in [0.5, 0.6) is 0 Å². The molecule has 0 aliphatic heterocycles. The second kappa shape index (κ2) is 5.73. The number of carbonyl (C=O) groups excluding carboxylic acids is 1. The smallest absolute Gasteiger partial charge is 0.272 e. The highest BCUT2D eigenvalue weighted by Crippen LogP contribution is 2.28. The van der Waals surface area contributed by atoms with Crippen LogP contribution in [0.4, 0.5) is 9.52 Å². The van der Waals surface area contributed by atoms with Crippen LogP contribution in [0.15, 0.2) is 36.4 Å². The van der Waals surface area contributed by atoms with E-state index in [9.17, 15) is 9.18 Å². The van der Waals surface area contributed by atoms with E-state index in [1.807, 2.05) is 19.9 Å². The van der Waals surface area contributed by atoms with Gasteiger partial charge in [0.05, 0.1) is 15.8 Å². The van der Waals surface area contributed by atoms with Crippen LogP contribution in [-0.2, 0) is 0 Å². The lowest BCUT2D eigenvalue weighted by Gasteiger charge is -2.05. The highest BCUT2D eigenvalue weighted by atomic mass is 32.1. The van der Waals surface area contributed by atoms with Crippen molar-refractivity contribution in [1.82, 2.24) is 10.4 Å². The molecular weight excluding hydrogens is 301 g/mol. The number of carbonyl (C=O) groups is 1. The van der Waals surface area contributed by atoms with Gasteiger partial charge in [0.25, 0.3) is 5.91 Å². The number of hydrazine groups is 1. The maximum Gasteiger partial charge on any atom is 0.272 e. The molecule has 1 amide bonds. The van der Waals surface area contributed by atoms with Crippen molar-refractivity contribution < 1.29 is 9.18 Å². The summed E-state index contributed by atoms with van der Waals surface area (Å²) >= 11 is 1.44. The first-order chi connectivity index (χ1) is 10.5. The van der Waals surface area contributed by atoms with Gasteiger partial charge in [-0.05, 0) is 43.2 Å². The van der Waals surface area contributed by atoms with Crippen LogP contribution in [0.3, 0.4) is 0 Å². The SMILES string of the molecule is Cc1cc(C)c2nc(NNC(=O)c3ccccc3F)sc2c1. The Bertz CT molecular complexity index is 860. The number of aromatic nitrogens is 1. The van der Waals surface area contributed by atoms with Gasteiger partial charge in [-0.15, -0.1) is 0 Å². The van der Waals surface area contributed by atoms with Gasteiger partial charge in [-0.25, -0.2) is 9.37 Å². The van der Waals surface area contributed by atoms with Crippen molar-refractivity contribution in [2.24, 2.45) is 0 Å². The fraction of sp³-hybridized carbons (Fsp3) is 0.125. The van der Waals surface area contributed by atoms with E-state index in [0.717, 1.165) is 21.3 Å². The Morgan fingerprint density at radius 3 is 2.77 bits per heavy atom. The number of hydrogen-bond donors (Lipinski definition) is 2. The minimum Gasteiger partial charge on any atom is -0.273 e. The van der Waals surface area contributed by atoms with E-state index < -0.39 is 11.7 Å². The van der Waals surface area contributed by atoms with E-state index in [4.69, 9.17) is 0 Å². The van der Waals surface area contributed by atoms with E-state index in [1.165, 1.54) is 29.5 Å². The lowest BCUT2D eigenvalue weighted by atomic mass is 10.1. The highest BCUT2D eigenvalue weighted by molar-refractivity contribution is 7.22. The number of fused-ring (bicyclic) bond motifs is 1. The Balaban J connectivity index is 1.78. The molecule has 3 rings (SSSR count). The molecule has 3 aromatic rings. The molecule has 0 saturated carbocycles. The number of halogens is 1. The van der Waals surface area contributed by atoms with E-state index in [-0.39, 0.29) is 5.56 Å². The minimum absolute atomic E-state index is 0.0110. The minimum atomic E-state index is -0.558. The molecule has 2 N–H and O–H groups in total. The molecular formula is C16H14FN3OS. The van der Waals surface area contributed by atoms with Crippen molar-refractivity contribution in [1.29, 1.82) is 0 Å². The quantitative estimate of drug-likeness (QED) is 0.723. The molecule has 0 saturated heterocycles. The van der Waals surface area contributed by atoms with Gasteiger partial charge in [-0.3, -0.25) is 15.6 Å². The zero-order valence-corrected chi connectivity index (χ0v) is 12.9. The molecule has 4 nitrogen and oxygen atoms in total. The van der Waals surface area contributed by atoms with Crippen molar-refractivity contribution in [2.75, 3.05) is 5.43 Å². The van der Waals surface area contributed by atoms with Gasteiger partial charge in [0.15, 0.2) is 0 Å². The predicted molar refractivity (Wildman–Crippen MR) is 86.6 cm³/mol. The molecule has 1 aromatic heterocycles. The molecule has 0 spiro atoms. The van der Waals surface area contributed by atoms with Crippen molar-refractivity contribution >= 4 is 32.6 Å². The second-order valence-electron chi connectivity index (χ2n) is 5.01. The third kappa shape index (κ3) is 2.78. The number of hydrogen-bond acceptors (Lipinski definition) is 4. The third-order valence-electron chi connectivity index (χ3n) is 3.23. The summed E-state index contributed by atoms with van der Waals surface area (Å²) < 4.78 is 14.6. The molecule has 0 atom stereocenters. The van der Waals surface area contributed by atoms with Crippen LogP contribution >= 0.6 is 11.3 Å². The number of rotatable bonds is 3. The molecule has 0 radical (unpaired) electrons. The molecule has 22 heavy (non-hydrogen) atoms. The first-order valence-electron chi connectivity index (χ1n) is 6.73. The summed E-state index contributed by atoms with van der Waals surface area (Å²) in [4.78, 5) is 16.4. The number of aryl methyl sites for hydroxylation is 2. The van der Waals surface area contributed by atoms with Gasteiger partial charge in [-0.1, -0.05) is 29.5 Å². The monoisotopic (exact) mass is 315 g/mol. The summed E-state index contributed by atoms with van der Waals surface area (Å²) in [5, 5.41) is 0.563. The van der Waals surface area contributed by atoms with Crippen LogP contribution in [0.25, 0.3) is 10.2 Å². The van der Waals surface area contributed by atoms with Crippen molar-refractivity contribution in [3.8, 4) is 0 Å². The second-order valence-corrected chi connectivity index (χ2v) is 6.04. The van der Waals surface area contributed by atoms with Gasteiger partial charge in [0, 0.05) is 0 Å². The largest absolute Gasteiger partial charge is 0.273 e. The van der Waals surface area contributed by atoms with Crippen LogP contribution in [0.1, 0.15) is 21.5 Å². The van der Waals surface area contributed by atoms with Crippen LogP contribution in [0.2, 0.25) is 0 Å². The summed E-state index contributed by atoms with van der Waals surface area (Å²) in [6.45, 7) is 4.02. The first kappa shape index (κ1) is 14.5. The van der Waals surface area contributed by atoms with Gasteiger partial charge >= 0.3 is 0 Å². The van der Waals surface area contributed by atoms with Gasteiger partial charge < -0.3 is 0 Å². The first-order valence-corrected chi connectivity index (χ1v) is 7.55. The Kier molecular flexibility index (Phi) is 3.77. The lowest BCUT2D eigenvalue weighted by Crippen LogP contribution is -2.29. The van der Waals surface area contributed by atoms with Crippen molar-refractivity contribution in [3.05, 3.63) is 58.9 Å². The Morgan fingerprint density at radius 1 is 1.23 bits per heavy atom. The Morgan fingerprint density at radius 2 is 2.00 bits per heavy atom. The molecule has 0 bridgehead atoms. The van der Waals surface area contributed by atoms with E-state index in [0.29, 0.717) is 5.13 Å². The molecule has 1 heterocycles. The zero-order valence-electron chi connectivity index (χ0n) is 12.1. The van der Waals surface area contributed by atoms with Crippen molar-refractivity contribution in [3.63, 3.8) is 0 Å². The standard InChI is InChI=1S/C16H14FN3OS/c1-9-7-10(2)14-13(8-9)22-16(18-14)20-19-15(21)11-5-3-4-6-12(11)17/h3-8H,1-2H3,(H,18,20)(H,19,21). The van der Waals surface area contributed by atoms with Gasteiger partial charge in [0.1, 0.15) is 5.82 Å². The molecule has 6 heteroatoms.